The van der Waals surface area contributed by atoms with Gasteiger partial charge in [0.1, 0.15) is 6.10 Å². The summed E-state index contributed by atoms with van der Waals surface area (Å²) in [6.07, 6.45) is 7.15. The molecule has 2 nitrogen and oxygen atoms in total. The van der Waals surface area contributed by atoms with Crippen LogP contribution in [0.1, 0.15) is 58.8 Å². The minimum absolute atomic E-state index is 0.168. The molecule has 96 valence electrons. The quantitative estimate of drug-likeness (QED) is 0.661. The summed E-state index contributed by atoms with van der Waals surface area (Å²) >= 11 is 0. The van der Waals surface area contributed by atoms with Crippen molar-refractivity contribution in [2.75, 3.05) is 6.61 Å². The highest BCUT2D eigenvalue weighted by molar-refractivity contribution is 5.83. The van der Waals surface area contributed by atoms with Gasteiger partial charge in [-0.25, -0.2) is 0 Å². The van der Waals surface area contributed by atoms with E-state index in [4.69, 9.17) is 4.74 Å². The van der Waals surface area contributed by atoms with E-state index in [0.717, 1.165) is 12.8 Å². The van der Waals surface area contributed by atoms with E-state index in [1.165, 1.54) is 19.3 Å². The third kappa shape index (κ3) is 4.91. The fraction of sp³-hybridized carbons (Fsp3) is 0.800. The fourth-order valence-electron chi connectivity index (χ4n) is 2.56. The smallest absolute Gasteiger partial charge is 0.162 e. The van der Waals surface area contributed by atoms with Crippen LogP contribution in [-0.4, -0.2) is 18.5 Å². The van der Waals surface area contributed by atoms with Gasteiger partial charge in [-0.15, -0.1) is 11.8 Å². The van der Waals surface area contributed by atoms with E-state index in [2.05, 4.69) is 11.8 Å². The molecule has 1 aliphatic carbocycles. The van der Waals surface area contributed by atoms with Gasteiger partial charge in [0.2, 0.25) is 0 Å². The lowest BCUT2D eigenvalue weighted by Gasteiger charge is -2.28. The number of hydrogen-bond acceptors (Lipinski definition) is 2. The van der Waals surface area contributed by atoms with Crippen molar-refractivity contribution in [3.05, 3.63) is 0 Å². The van der Waals surface area contributed by atoms with Crippen LogP contribution < -0.4 is 0 Å². The Balaban J connectivity index is 2.49. The van der Waals surface area contributed by atoms with Gasteiger partial charge in [0.05, 0.1) is 0 Å². The molecule has 2 heteroatoms. The molecule has 0 aromatic carbocycles. The Hall–Kier alpha value is -0.810. The molecule has 1 atom stereocenters. The Bertz CT molecular complexity index is 279. The molecule has 1 rings (SSSR count). The maximum Gasteiger partial charge on any atom is 0.162 e. The molecule has 1 saturated carbocycles. The Kier molecular flexibility index (Phi) is 6.96. The van der Waals surface area contributed by atoms with Crippen molar-refractivity contribution >= 4 is 5.78 Å². The van der Waals surface area contributed by atoms with Crippen LogP contribution >= 0.6 is 0 Å². The van der Waals surface area contributed by atoms with Crippen LogP contribution in [0.3, 0.4) is 0 Å². The summed E-state index contributed by atoms with van der Waals surface area (Å²) < 4.78 is 5.68. The van der Waals surface area contributed by atoms with Gasteiger partial charge in [-0.1, -0.05) is 19.3 Å². The number of hydrogen-bond donors (Lipinski definition) is 0. The van der Waals surface area contributed by atoms with Crippen molar-refractivity contribution in [2.45, 2.75) is 64.9 Å². The van der Waals surface area contributed by atoms with Gasteiger partial charge in [0.15, 0.2) is 5.78 Å². The van der Waals surface area contributed by atoms with Crippen molar-refractivity contribution in [2.24, 2.45) is 5.92 Å². The van der Waals surface area contributed by atoms with Gasteiger partial charge in [-0.05, 0) is 32.6 Å². The molecule has 0 aromatic rings. The summed E-state index contributed by atoms with van der Waals surface area (Å²) in [5.74, 6) is 6.48. The largest absolute Gasteiger partial charge is 0.370 e. The van der Waals surface area contributed by atoms with E-state index in [-0.39, 0.29) is 11.9 Å². The van der Waals surface area contributed by atoms with Gasteiger partial charge >= 0.3 is 0 Å². The number of rotatable bonds is 6. The lowest BCUT2D eigenvalue weighted by molar-refractivity contribution is -0.134. The van der Waals surface area contributed by atoms with Crippen LogP contribution in [-0.2, 0) is 9.53 Å². The minimum Gasteiger partial charge on any atom is -0.370 e. The predicted octanol–water partition coefficient (Wildman–Crippen LogP) is 3.34. The van der Waals surface area contributed by atoms with E-state index >= 15 is 0 Å². The molecule has 0 aromatic heterocycles. The Morgan fingerprint density at radius 1 is 1.35 bits per heavy atom. The second-order valence-electron chi connectivity index (χ2n) is 4.67. The predicted molar refractivity (Wildman–Crippen MR) is 69.7 cm³/mol. The highest BCUT2D eigenvalue weighted by Gasteiger charge is 2.29. The molecule has 0 bridgehead atoms. The van der Waals surface area contributed by atoms with Crippen LogP contribution in [0, 0.1) is 17.8 Å². The zero-order chi connectivity index (χ0) is 12.5. The highest BCUT2D eigenvalue weighted by atomic mass is 16.5. The average Bonchev–Trinajstić information content (AvgIpc) is 2.37. The molecule has 0 radical (unpaired) electrons. The standard InChI is InChI=1S/C15H24O2/c1-3-5-7-12-14(16)15(17-4-2)13-10-8-6-9-11-13/h13,15H,4,6-12H2,1-2H3. The topological polar surface area (TPSA) is 26.3 Å². The molecule has 17 heavy (non-hydrogen) atoms. The molecule has 0 heterocycles. The van der Waals surface area contributed by atoms with Crippen molar-refractivity contribution in [3.63, 3.8) is 0 Å². The summed E-state index contributed by atoms with van der Waals surface area (Å²) in [6, 6.07) is 0. The molecule has 0 aliphatic heterocycles. The minimum atomic E-state index is -0.168. The second-order valence-corrected chi connectivity index (χ2v) is 4.67. The summed E-state index contributed by atoms with van der Waals surface area (Å²) in [7, 11) is 0. The summed E-state index contributed by atoms with van der Waals surface area (Å²) in [6.45, 7) is 4.41. The number of ketones is 1. The third-order valence-corrected chi connectivity index (χ3v) is 3.41. The van der Waals surface area contributed by atoms with E-state index in [0.29, 0.717) is 25.4 Å². The summed E-state index contributed by atoms with van der Waals surface area (Å²) in [5, 5.41) is 0. The molecule has 0 N–H and O–H groups in total. The normalized spacial score (nSPS) is 18.2. The van der Waals surface area contributed by atoms with Gasteiger partial charge in [0, 0.05) is 19.4 Å². The van der Waals surface area contributed by atoms with Crippen LogP contribution in [0.15, 0.2) is 0 Å². The van der Waals surface area contributed by atoms with Crippen molar-refractivity contribution in [3.8, 4) is 11.8 Å². The van der Waals surface area contributed by atoms with Crippen LogP contribution in [0.2, 0.25) is 0 Å². The first kappa shape index (κ1) is 14.3. The number of carbonyl (C=O) groups excluding carboxylic acids is 1. The summed E-state index contributed by atoms with van der Waals surface area (Å²) in [4.78, 5) is 12.1. The maximum atomic E-state index is 12.1. The van der Waals surface area contributed by atoms with E-state index < -0.39 is 0 Å². The highest BCUT2D eigenvalue weighted by Crippen LogP contribution is 2.29. The van der Waals surface area contributed by atoms with Gasteiger partial charge < -0.3 is 4.74 Å². The van der Waals surface area contributed by atoms with Crippen molar-refractivity contribution in [1.82, 2.24) is 0 Å². The molecule has 1 unspecified atom stereocenters. The lowest BCUT2D eigenvalue weighted by Crippen LogP contribution is -2.34. The Morgan fingerprint density at radius 2 is 2.06 bits per heavy atom. The Morgan fingerprint density at radius 3 is 2.65 bits per heavy atom. The third-order valence-electron chi connectivity index (χ3n) is 3.41. The number of ether oxygens (including phenoxy) is 1. The molecular formula is C15H24O2. The Labute approximate surface area is 105 Å². The zero-order valence-corrected chi connectivity index (χ0v) is 11.1. The molecule has 1 fully saturated rings. The van der Waals surface area contributed by atoms with Crippen LogP contribution in [0.5, 0.6) is 0 Å². The lowest BCUT2D eigenvalue weighted by atomic mass is 9.83. The monoisotopic (exact) mass is 236 g/mol. The molecular weight excluding hydrogens is 212 g/mol. The zero-order valence-electron chi connectivity index (χ0n) is 11.1. The SMILES string of the molecule is CC#CCCC(=O)C(OCC)C1CCCCC1. The number of carbonyl (C=O) groups is 1. The van der Waals surface area contributed by atoms with Crippen LogP contribution in [0.4, 0.5) is 0 Å². The van der Waals surface area contributed by atoms with E-state index in [1.807, 2.05) is 13.8 Å². The second kappa shape index (κ2) is 8.31. The molecule has 1 aliphatic rings. The maximum absolute atomic E-state index is 12.1. The average molecular weight is 236 g/mol. The van der Waals surface area contributed by atoms with Crippen molar-refractivity contribution in [1.29, 1.82) is 0 Å². The van der Waals surface area contributed by atoms with Crippen LogP contribution in [0.25, 0.3) is 0 Å². The van der Waals surface area contributed by atoms with Gasteiger partial charge in [-0.2, -0.15) is 0 Å². The molecule has 0 saturated heterocycles. The van der Waals surface area contributed by atoms with Gasteiger partial charge in [-0.3, -0.25) is 4.79 Å². The van der Waals surface area contributed by atoms with E-state index in [9.17, 15) is 4.79 Å². The molecule has 0 amide bonds. The summed E-state index contributed by atoms with van der Waals surface area (Å²) in [5.41, 5.74) is 0. The first-order chi connectivity index (χ1) is 8.29. The fourth-order valence-corrected chi connectivity index (χ4v) is 2.56. The van der Waals surface area contributed by atoms with Crippen molar-refractivity contribution < 1.29 is 9.53 Å². The number of Topliss-reactive ketones (excluding diaryl/α,β-unsaturated/α-hetero) is 1. The first-order valence-electron chi connectivity index (χ1n) is 6.83. The van der Waals surface area contributed by atoms with E-state index in [1.54, 1.807) is 0 Å². The molecule has 0 spiro atoms. The first-order valence-corrected chi connectivity index (χ1v) is 6.83. The van der Waals surface area contributed by atoms with Gasteiger partial charge in [0.25, 0.3) is 0 Å².